The number of hydrogen-bond donors (Lipinski definition) is 1. The quantitative estimate of drug-likeness (QED) is 0.838. The summed E-state index contributed by atoms with van der Waals surface area (Å²) in [5.74, 6) is -0.411. The maximum atomic E-state index is 13.3. The van der Waals surface area contributed by atoms with Gasteiger partial charge in [-0.3, -0.25) is 0 Å². The number of aliphatic hydroxyl groups is 1. The van der Waals surface area contributed by atoms with Crippen molar-refractivity contribution in [3.8, 4) is 0 Å². The van der Waals surface area contributed by atoms with Gasteiger partial charge < -0.3 is 9.84 Å². The molecule has 0 aliphatic rings. The summed E-state index contributed by atoms with van der Waals surface area (Å²) in [6, 6.07) is 4.48. The highest BCUT2D eigenvalue weighted by Crippen LogP contribution is 2.21. The Labute approximate surface area is 97.2 Å². The molecule has 84 valence electrons. The first kappa shape index (κ1) is 12.6. The smallest absolute Gasteiger partial charge is 0.129 e. The van der Waals surface area contributed by atoms with E-state index >= 15 is 0 Å². The molecule has 0 aromatic heterocycles. The van der Waals surface area contributed by atoms with Crippen LogP contribution in [-0.4, -0.2) is 18.3 Å². The average molecular weight is 277 g/mol. The Hall–Kier alpha value is -0.450. The lowest BCUT2D eigenvalue weighted by Crippen LogP contribution is -2.09. The van der Waals surface area contributed by atoms with Crippen molar-refractivity contribution in [3.05, 3.63) is 34.1 Å². The molecule has 0 radical (unpaired) electrons. The van der Waals surface area contributed by atoms with Gasteiger partial charge in [0.15, 0.2) is 0 Å². The lowest BCUT2D eigenvalue weighted by Gasteiger charge is -2.12. The highest BCUT2D eigenvalue weighted by Gasteiger charge is 2.13. The van der Waals surface area contributed by atoms with E-state index < -0.39 is 11.9 Å². The van der Waals surface area contributed by atoms with Crippen molar-refractivity contribution in [1.82, 2.24) is 0 Å². The van der Waals surface area contributed by atoms with Crippen LogP contribution in [0.5, 0.6) is 0 Å². The highest BCUT2D eigenvalue weighted by molar-refractivity contribution is 9.10. The minimum absolute atomic E-state index is 0.126. The van der Waals surface area contributed by atoms with Gasteiger partial charge in [-0.05, 0) is 24.6 Å². The van der Waals surface area contributed by atoms with Crippen LogP contribution < -0.4 is 0 Å². The van der Waals surface area contributed by atoms with Crippen LogP contribution in [0.15, 0.2) is 22.7 Å². The maximum Gasteiger partial charge on any atom is 0.129 e. The molecule has 0 bridgehead atoms. The largest absolute Gasteiger partial charge is 0.386 e. The number of hydrogen-bond acceptors (Lipinski definition) is 2. The first-order chi connectivity index (χ1) is 7.15. The molecule has 0 spiro atoms. The highest BCUT2D eigenvalue weighted by atomic mass is 79.9. The van der Waals surface area contributed by atoms with Crippen molar-refractivity contribution in [2.75, 3.05) is 13.2 Å². The number of benzene rings is 1. The van der Waals surface area contributed by atoms with E-state index in [1.54, 1.807) is 12.1 Å². The Kier molecular flexibility index (Phi) is 5.22. The standard InChI is InChI=1S/C11H14BrFO2/c1-2-5-15-7-11(14)9-6-8(12)3-4-10(9)13/h3-4,6,11,14H,2,5,7H2,1H3. The van der Waals surface area contributed by atoms with Crippen LogP contribution >= 0.6 is 15.9 Å². The van der Waals surface area contributed by atoms with Crippen LogP contribution in [0.25, 0.3) is 0 Å². The number of ether oxygens (including phenoxy) is 1. The molecule has 1 atom stereocenters. The van der Waals surface area contributed by atoms with Crippen molar-refractivity contribution in [3.63, 3.8) is 0 Å². The van der Waals surface area contributed by atoms with Gasteiger partial charge in [0.05, 0.1) is 6.61 Å². The molecule has 0 fully saturated rings. The molecule has 1 aromatic rings. The third-order valence-electron chi connectivity index (χ3n) is 1.94. The molecule has 0 heterocycles. The summed E-state index contributed by atoms with van der Waals surface area (Å²) >= 11 is 3.23. The van der Waals surface area contributed by atoms with E-state index in [1.807, 2.05) is 6.92 Å². The summed E-state index contributed by atoms with van der Waals surface area (Å²) in [4.78, 5) is 0. The number of aliphatic hydroxyl groups excluding tert-OH is 1. The first-order valence-electron chi connectivity index (χ1n) is 4.86. The molecule has 2 nitrogen and oxygen atoms in total. The van der Waals surface area contributed by atoms with Crippen LogP contribution in [-0.2, 0) is 4.74 Å². The van der Waals surface area contributed by atoms with Crippen LogP contribution in [0.2, 0.25) is 0 Å². The zero-order valence-electron chi connectivity index (χ0n) is 8.54. The summed E-state index contributed by atoms with van der Waals surface area (Å²) in [5, 5.41) is 9.67. The van der Waals surface area contributed by atoms with Gasteiger partial charge in [0.2, 0.25) is 0 Å². The van der Waals surface area contributed by atoms with Gasteiger partial charge in [0, 0.05) is 16.6 Å². The number of halogens is 2. The Morgan fingerprint density at radius 1 is 1.53 bits per heavy atom. The normalized spacial score (nSPS) is 12.8. The lowest BCUT2D eigenvalue weighted by molar-refractivity contribution is 0.0346. The van der Waals surface area contributed by atoms with Crippen molar-refractivity contribution < 1.29 is 14.2 Å². The molecule has 15 heavy (non-hydrogen) atoms. The lowest BCUT2D eigenvalue weighted by atomic mass is 10.1. The van der Waals surface area contributed by atoms with Crippen molar-refractivity contribution in [2.45, 2.75) is 19.4 Å². The predicted octanol–water partition coefficient (Wildman–Crippen LogP) is 3.05. The average Bonchev–Trinajstić information content (AvgIpc) is 2.22. The molecule has 1 N–H and O–H groups in total. The van der Waals surface area contributed by atoms with E-state index in [-0.39, 0.29) is 12.2 Å². The monoisotopic (exact) mass is 276 g/mol. The third-order valence-corrected chi connectivity index (χ3v) is 2.43. The van der Waals surface area contributed by atoms with E-state index in [0.29, 0.717) is 6.61 Å². The molecule has 0 aliphatic heterocycles. The van der Waals surface area contributed by atoms with Crippen LogP contribution in [0, 0.1) is 5.82 Å². The van der Waals surface area contributed by atoms with E-state index in [0.717, 1.165) is 10.9 Å². The summed E-state index contributed by atoms with van der Waals surface area (Å²) in [6.07, 6.45) is -0.0257. The van der Waals surface area contributed by atoms with E-state index in [4.69, 9.17) is 4.74 Å². The van der Waals surface area contributed by atoms with Crippen molar-refractivity contribution in [2.24, 2.45) is 0 Å². The fourth-order valence-corrected chi connectivity index (χ4v) is 1.58. The zero-order valence-corrected chi connectivity index (χ0v) is 10.1. The van der Waals surface area contributed by atoms with Crippen molar-refractivity contribution in [1.29, 1.82) is 0 Å². The third kappa shape index (κ3) is 3.89. The van der Waals surface area contributed by atoms with Gasteiger partial charge >= 0.3 is 0 Å². The Balaban J connectivity index is 2.64. The zero-order chi connectivity index (χ0) is 11.3. The van der Waals surface area contributed by atoms with Crippen molar-refractivity contribution >= 4 is 15.9 Å². The molecule has 1 aromatic carbocycles. The predicted molar refractivity (Wildman–Crippen MR) is 60.2 cm³/mol. The van der Waals surface area contributed by atoms with Crippen LogP contribution in [0.1, 0.15) is 25.0 Å². The molecular weight excluding hydrogens is 263 g/mol. The van der Waals surface area contributed by atoms with Gasteiger partial charge in [0.1, 0.15) is 11.9 Å². The summed E-state index contributed by atoms with van der Waals surface area (Å²) < 4.78 is 19.2. The minimum atomic E-state index is -0.908. The van der Waals surface area contributed by atoms with E-state index in [9.17, 15) is 9.50 Å². The first-order valence-corrected chi connectivity index (χ1v) is 5.65. The Morgan fingerprint density at radius 3 is 2.93 bits per heavy atom. The fourth-order valence-electron chi connectivity index (χ4n) is 1.20. The fraction of sp³-hybridized carbons (Fsp3) is 0.455. The molecule has 0 saturated carbocycles. The Morgan fingerprint density at radius 2 is 2.27 bits per heavy atom. The molecule has 4 heteroatoms. The maximum absolute atomic E-state index is 13.3. The van der Waals surface area contributed by atoms with Gasteiger partial charge in [-0.2, -0.15) is 0 Å². The Bertz CT molecular complexity index is 317. The van der Waals surface area contributed by atoms with Gasteiger partial charge in [0.25, 0.3) is 0 Å². The molecule has 1 unspecified atom stereocenters. The molecule has 0 aliphatic carbocycles. The second-order valence-corrected chi connectivity index (χ2v) is 4.17. The van der Waals surface area contributed by atoms with E-state index in [2.05, 4.69) is 15.9 Å². The molecular formula is C11H14BrFO2. The van der Waals surface area contributed by atoms with Gasteiger partial charge in [-0.25, -0.2) is 4.39 Å². The topological polar surface area (TPSA) is 29.5 Å². The summed E-state index contributed by atoms with van der Waals surface area (Å²) in [7, 11) is 0. The van der Waals surface area contributed by atoms with Gasteiger partial charge in [-0.1, -0.05) is 22.9 Å². The molecule has 1 rings (SSSR count). The van der Waals surface area contributed by atoms with Crippen LogP contribution in [0.3, 0.4) is 0 Å². The van der Waals surface area contributed by atoms with E-state index in [1.165, 1.54) is 6.07 Å². The number of rotatable bonds is 5. The summed E-state index contributed by atoms with van der Waals surface area (Å²) in [5.41, 5.74) is 0.264. The second kappa shape index (κ2) is 6.20. The van der Waals surface area contributed by atoms with Crippen LogP contribution in [0.4, 0.5) is 4.39 Å². The molecule has 0 saturated heterocycles. The SMILES string of the molecule is CCCOCC(O)c1cc(Br)ccc1F. The van der Waals surface area contributed by atoms with Gasteiger partial charge in [-0.15, -0.1) is 0 Å². The molecule has 0 amide bonds. The summed E-state index contributed by atoms with van der Waals surface area (Å²) in [6.45, 7) is 2.68. The minimum Gasteiger partial charge on any atom is -0.386 e. The second-order valence-electron chi connectivity index (χ2n) is 3.26.